The van der Waals surface area contributed by atoms with Gasteiger partial charge in [0.2, 0.25) is 10.0 Å². The summed E-state index contributed by atoms with van der Waals surface area (Å²) in [7, 11) is -2.23. The molecule has 0 spiro atoms. The Balaban J connectivity index is 2.39. The van der Waals surface area contributed by atoms with Gasteiger partial charge in [-0.3, -0.25) is 0 Å². The zero-order valence-electron chi connectivity index (χ0n) is 11.2. The van der Waals surface area contributed by atoms with Gasteiger partial charge < -0.3 is 4.74 Å². The number of ether oxygens (including phenoxy) is 1. The standard InChI is InChI=1S/C13H17ClFNO3S/c1-19-7-6-16(12-4-5-12)20(17,18)13-8-11(15)3-2-10(13)9-14/h2-3,8,12H,4-7,9H2,1H3. The molecule has 1 fully saturated rings. The highest BCUT2D eigenvalue weighted by Crippen LogP contribution is 2.33. The molecule has 0 bridgehead atoms. The van der Waals surface area contributed by atoms with Gasteiger partial charge in [0, 0.05) is 25.6 Å². The molecule has 112 valence electrons. The van der Waals surface area contributed by atoms with E-state index < -0.39 is 15.8 Å². The van der Waals surface area contributed by atoms with Crippen LogP contribution >= 0.6 is 11.6 Å². The smallest absolute Gasteiger partial charge is 0.243 e. The molecule has 1 aromatic rings. The van der Waals surface area contributed by atoms with Crippen LogP contribution in [0.4, 0.5) is 4.39 Å². The Morgan fingerprint density at radius 1 is 1.45 bits per heavy atom. The minimum Gasteiger partial charge on any atom is -0.383 e. The van der Waals surface area contributed by atoms with E-state index in [9.17, 15) is 12.8 Å². The third kappa shape index (κ3) is 3.31. The first-order chi connectivity index (χ1) is 9.50. The molecule has 0 amide bonds. The molecule has 0 atom stereocenters. The Kier molecular flexibility index (Phi) is 5.01. The highest BCUT2D eigenvalue weighted by atomic mass is 35.5. The van der Waals surface area contributed by atoms with Crippen LogP contribution in [-0.4, -0.2) is 39.0 Å². The van der Waals surface area contributed by atoms with Crippen LogP contribution < -0.4 is 0 Å². The second-order valence-electron chi connectivity index (χ2n) is 4.73. The van der Waals surface area contributed by atoms with Gasteiger partial charge in [0.25, 0.3) is 0 Å². The number of sulfonamides is 1. The highest BCUT2D eigenvalue weighted by Gasteiger charge is 2.38. The fraction of sp³-hybridized carbons (Fsp3) is 0.538. The molecule has 0 saturated heterocycles. The maximum absolute atomic E-state index is 13.4. The Hall–Kier alpha value is -0.690. The van der Waals surface area contributed by atoms with E-state index >= 15 is 0 Å². The second-order valence-corrected chi connectivity index (χ2v) is 6.85. The van der Waals surface area contributed by atoms with E-state index in [0.717, 1.165) is 18.9 Å². The first kappa shape index (κ1) is 15.7. The molecule has 1 saturated carbocycles. The van der Waals surface area contributed by atoms with E-state index in [4.69, 9.17) is 16.3 Å². The van der Waals surface area contributed by atoms with Crippen molar-refractivity contribution in [2.45, 2.75) is 29.7 Å². The summed E-state index contributed by atoms with van der Waals surface area (Å²) in [6, 6.07) is 3.65. The van der Waals surface area contributed by atoms with E-state index in [1.165, 1.54) is 23.5 Å². The molecule has 1 aliphatic rings. The van der Waals surface area contributed by atoms with Crippen molar-refractivity contribution in [1.29, 1.82) is 0 Å². The lowest BCUT2D eigenvalue weighted by Crippen LogP contribution is -2.36. The summed E-state index contributed by atoms with van der Waals surface area (Å²) in [5.41, 5.74) is 0.413. The minimum absolute atomic E-state index is 0.0124. The largest absolute Gasteiger partial charge is 0.383 e. The molecule has 1 aliphatic carbocycles. The molecule has 0 N–H and O–H groups in total. The molecule has 0 unspecified atom stereocenters. The minimum atomic E-state index is -3.75. The van der Waals surface area contributed by atoms with Crippen LogP contribution in [0.3, 0.4) is 0 Å². The van der Waals surface area contributed by atoms with Crippen molar-refractivity contribution < 1.29 is 17.5 Å². The number of hydrogen-bond donors (Lipinski definition) is 0. The molecule has 0 aromatic heterocycles. The van der Waals surface area contributed by atoms with E-state index in [1.807, 2.05) is 0 Å². The highest BCUT2D eigenvalue weighted by molar-refractivity contribution is 7.89. The molecule has 0 aliphatic heterocycles. The average Bonchev–Trinajstić information content (AvgIpc) is 3.23. The summed E-state index contributed by atoms with van der Waals surface area (Å²) in [6.07, 6.45) is 1.66. The van der Waals surface area contributed by atoms with E-state index in [-0.39, 0.29) is 23.4 Å². The molecule has 0 radical (unpaired) electrons. The molecule has 1 aromatic carbocycles. The molecule has 20 heavy (non-hydrogen) atoms. The Morgan fingerprint density at radius 2 is 2.15 bits per heavy atom. The van der Waals surface area contributed by atoms with Crippen molar-refractivity contribution >= 4 is 21.6 Å². The van der Waals surface area contributed by atoms with Gasteiger partial charge in [-0.05, 0) is 30.5 Å². The summed E-state index contributed by atoms with van der Waals surface area (Å²) < 4.78 is 45.1. The van der Waals surface area contributed by atoms with Crippen molar-refractivity contribution in [2.24, 2.45) is 0 Å². The zero-order chi connectivity index (χ0) is 14.8. The lowest BCUT2D eigenvalue weighted by atomic mass is 10.2. The van der Waals surface area contributed by atoms with Crippen LogP contribution in [-0.2, 0) is 20.6 Å². The Morgan fingerprint density at radius 3 is 2.70 bits per heavy atom. The summed E-state index contributed by atoms with van der Waals surface area (Å²) in [4.78, 5) is -0.0458. The molecule has 4 nitrogen and oxygen atoms in total. The van der Waals surface area contributed by atoms with Gasteiger partial charge in [0.15, 0.2) is 0 Å². The van der Waals surface area contributed by atoms with Gasteiger partial charge in [-0.2, -0.15) is 4.31 Å². The first-order valence-corrected chi connectivity index (χ1v) is 8.33. The van der Waals surface area contributed by atoms with Crippen molar-refractivity contribution in [3.8, 4) is 0 Å². The van der Waals surface area contributed by atoms with Gasteiger partial charge >= 0.3 is 0 Å². The molecular formula is C13H17ClFNO3S. The quantitative estimate of drug-likeness (QED) is 0.724. The monoisotopic (exact) mass is 321 g/mol. The third-order valence-electron chi connectivity index (χ3n) is 3.23. The maximum atomic E-state index is 13.4. The Labute approximate surface area is 123 Å². The lowest BCUT2D eigenvalue weighted by molar-refractivity contribution is 0.177. The van der Waals surface area contributed by atoms with Crippen LogP contribution in [0.5, 0.6) is 0 Å². The Bertz CT molecular complexity index is 575. The van der Waals surface area contributed by atoms with E-state index in [2.05, 4.69) is 0 Å². The number of alkyl halides is 1. The number of nitrogens with zero attached hydrogens (tertiary/aromatic N) is 1. The predicted molar refractivity (Wildman–Crippen MR) is 74.7 cm³/mol. The van der Waals surface area contributed by atoms with E-state index in [0.29, 0.717) is 12.2 Å². The third-order valence-corrected chi connectivity index (χ3v) is 5.55. The second kappa shape index (κ2) is 6.39. The van der Waals surface area contributed by atoms with Gasteiger partial charge in [-0.15, -0.1) is 11.6 Å². The summed E-state index contributed by atoms with van der Waals surface area (Å²) in [5.74, 6) is -0.558. The summed E-state index contributed by atoms with van der Waals surface area (Å²) >= 11 is 5.76. The van der Waals surface area contributed by atoms with Crippen molar-refractivity contribution in [2.75, 3.05) is 20.3 Å². The van der Waals surface area contributed by atoms with Crippen molar-refractivity contribution in [3.63, 3.8) is 0 Å². The van der Waals surface area contributed by atoms with Crippen LogP contribution in [0.25, 0.3) is 0 Å². The van der Waals surface area contributed by atoms with Gasteiger partial charge in [0.05, 0.1) is 11.5 Å². The van der Waals surface area contributed by atoms with Crippen LogP contribution in [0.2, 0.25) is 0 Å². The fourth-order valence-corrected chi connectivity index (χ4v) is 4.26. The lowest BCUT2D eigenvalue weighted by Gasteiger charge is -2.22. The van der Waals surface area contributed by atoms with Crippen LogP contribution in [0.1, 0.15) is 18.4 Å². The molecule has 7 heteroatoms. The summed E-state index contributed by atoms with van der Waals surface area (Å²) in [6.45, 7) is 0.572. The van der Waals surface area contributed by atoms with Gasteiger partial charge in [0.1, 0.15) is 5.82 Å². The normalized spacial score (nSPS) is 15.8. The number of hydrogen-bond acceptors (Lipinski definition) is 3. The maximum Gasteiger partial charge on any atom is 0.243 e. The predicted octanol–water partition coefficient (Wildman–Crippen LogP) is 2.36. The molecular weight excluding hydrogens is 305 g/mol. The topological polar surface area (TPSA) is 46.6 Å². The van der Waals surface area contributed by atoms with Crippen molar-refractivity contribution in [1.82, 2.24) is 4.31 Å². The van der Waals surface area contributed by atoms with Crippen LogP contribution in [0.15, 0.2) is 23.1 Å². The first-order valence-electron chi connectivity index (χ1n) is 6.36. The number of benzene rings is 1. The van der Waals surface area contributed by atoms with Gasteiger partial charge in [-0.25, -0.2) is 12.8 Å². The molecule has 2 rings (SSSR count). The van der Waals surface area contributed by atoms with Crippen LogP contribution in [0, 0.1) is 5.82 Å². The SMILES string of the molecule is COCCN(C1CC1)S(=O)(=O)c1cc(F)ccc1CCl. The number of halogens is 2. The zero-order valence-corrected chi connectivity index (χ0v) is 12.8. The fourth-order valence-electron chi connectivity index (χ4n) is 2.05. The average molecular weight is 322 g/mol. The van der Waals surface area contributed by atoms with E-state index in [1.54, 1.807) is 0 Å². The number of rotatable bonds is 7. The number of methoxy groups -OCH3 is 1. The molecule has 0 heterocycles. The summed E-state index contributed by atoms with van der Waals surface area (Å²) in [5, 5.41) is 0. The van der Waals surface area contributed by atoms with Gasteiger partial charge in [-0.1, -0.05) is 6.07 Å². The van der Waals surface area contributed by atoms with Crippen molar-refractivity contribution in [3.05, 3.63) is 29.6 Å².